The summed E-state index contributed by atoms with van der Waals surface area (Å²) in [7, 11) is 1.58. The van der Waals surface area contributed by atoms with E-state index in [2.05, 4.69) is 0 Å². The zero-order valence-corrected chi connectivity index (χ0v) is 11.9. The Hall–Kier alpha value is -1.89. The minimum atomic E-state index is -1.01. The van der Waals surface area contributed by atoms with Crippen molar-refractivity contribution in [3.8, 4) is 0 Å². The van der Waals surface area contributed by atoms with Crippen molar-refractivity contribution >= 4 is 11.6 Å². The molecule has 1 amide bonds. The van der Waals surface area contributed by atoms with Gasteiger partial charge in [0, 0.05) is 25.7 Å². The molecule has 0 radical (unpaired) electrons. The number of nitro groups is 1. The van der Waals surface area contributed by atoms with Crippen LogP contribution in [0.1, 0.15) is 43.2 Å². The van der Waals surface area contributed by atoms with Gasteiger partial charge in [-0.1, -0.05) is 0 Å². The normalized spacial score (nSPS) is 15.2. The van der Waals surface area contributed by atoms with Gasteiger partial charge in [-0.15, -0.1) is 0 Å². The number of hydrogen-bond donors (Lipinski definition) is 1. The molecule has 0 spiro atoms. The molecule has 1 aromatic rings. The summed E-state index contributed by atoms with van der Waals surface area (Å²) in [6, 6.07) is 1.49. The van der Waals surface area contributed by atoms with Gasteiger partial charge >= 0.3 is 0 Å². The van der Waals surface area contributed by atoms with E-state index in [1.165, 1.54) is 17.2 Å². The first kappa shape index (κ1) is 14.5. The van der Waals surface area contributed by atoms with Crippen molar-refractivity contribution in [3.05, 3.63) is 28.1 Å². The smallest absolute Gasteiger partial charge is 0.287 e. The average Bonchev–Trinajstić information content (AvgIpc) is 3.04. The second-order valence-corrected chi connectivity index (χ2v) is 5.95. The van der Waals surface area contributed by atoms with Crippen LogP contribution in [0.15, 0.2) is 12.3 Å². The maximum atomic E-state index is 12.4. The maximum absolute atomic E-state index is 12.4. The van der Waals surface area contributed by atoms with E-state index in [4.69, 9.17) is 0 Å². The monoisotopic (exact) mass is 281 g/mol. The van der Waals surface area contributed by atoms with Crippen LogP contribution in [-0.2, 0) is 0 Å². The summed E-state index contributed by atoms with van der Waals surface area (Å²) < 4.78 is 1.68. The molecule has 20 heavy (non-hydrogen) atoms. The van der Waals surface area contributed by atoms with E-state index in [0.29, 0.717) is 5.69 Å². The molecule has 1 aliphatic carbocycles. The Morgan fingerprint density at radius 3 is 2.65 bits per heavy atom. The fourth-order valence-corrected chi connectivity index (χ4v) is 2.24. The van der Waals surface area contributed by atoms with E-state index in [0.717, 1.165) is 12.8 Å². The fraction of sp³-hybridized carbons (Fsp3) is 0.615. The molecule has 1 N–H and O–H groups in total. The molecule has 1 aliphatic rings. The summed E-state index contributed by atoms with van der Waals surface area (Å²) in [5.41, 5.74) is -0.768. The number of carbonyl (C=O) groups excluding carboxylic acids is 1. The lowest BCUT2D eigenvalue weighted by molar-refractivity contribution is -0.384. The number of hydrogen-bond acceptors (Lipinski definition) is 4. The van der Waals surface area contributed by atoms with E-state index >= 15 is 0 Å². The van der Waals surface area contributed by atoms with Gasteiger partial charge in [0.15, 0.2) is 0 Å². The van der Waals surface area contributed by atoms with Crippen LogP contribution in [0.2, 0.25) is 0 Å². The van der Waals surface area contributed by atoms with E-state index < -0.39 is 10.5 Å². The SMILES string of the molecule is CN(CC(C)(C)O)C(=O)c1cc([N+](=O)[O-])cn1C1CC1. The van der Waals surface area contributed by atoms with Crippen LogP contribution in [0, 0.1) is 10.1 Å². The molecule has 2 rings (SSSR count). The van der Waals surface area contributed by atoms with Crippen molar-refractivity contribution in [2.24, 2.45) is 0 Å². The number of aliphatic hydroxyl groups is 1. The summed E-state index contributed by atoms with van der Waals surface area (Å²) in [5.74, 6) is -0.313. The Bertz CT molecular complexity index is 540. The summed E-state index contributed by atoms with van der Waals surface area (Å²) >= 11 is 0. The van der Waals surface area contributed by atoms with Crippen molar-refractivity contribution in [1.82, 2.24) is 9.47 Å². The summed E-state index contributed by atoms with van der Waals surface area (Å²) in [6.45, 7) is 3.38. The molecule has 0 saturated heterocycles. The quantitative estimate of drug-likeness (QED) is 0.655. The number of likely N-dealkylation sites (N-methyl/N-ethyl adjacent to an activating group) is 1. The van der Waals surface area contributed by atoms with Crippen LogP contribution in [-0.4, -0.2) is 44.6 Å². The summed E-state index contributed by atoms with van der Waals surface area (Å²) in [6.07, 6.45) is 3.28. The van der Waals surface area contributed by atoms with Crippen molar-refractivity contribution in [1.29, 1.82) is 0 Å². The first-order valence-corrected chi connectivity index (χ1v) is 6.53. The molecule has 0 aliphatic heterocycles. The third-order valence-electron chi connectivity index (χ3n) is 3.18. The highest BCUT2D eigenvalue weighted by molar-refractivity contribution is 5.93. The molecule has 7 heteroatoms. The Morgan fingerprint density at radius 1 is 1.60 bits per heavy atom. The summed E-state index contributed by atoms with van der Waals surface area (Å²) in [5, 5.41) is 20.6. The maximum Gasteiger partial charge on any atom is 0.287 e. The predicted molar refractivity (Wildman–Crippen MR) is 72.6 cm³/mol. The lowest BCUT2D eigenvalue weighted by Crippen LogP contribution is -2.40. The molecule has 1 saturated carbocycles. The Balaban J connectivity index is 2.26. The van der Waals surface area contributed by atoms with Gasteiger partial charge in [-0.25, -0.2) is 0 Å². The van der Waals surface area contributed by atoms with Gasteiger partial charge in [0.25, 0.3) is 11.6 Å². The molecular formula is C13H19N3O4. The number of aromatic nitrogens is 1. The Labute approximate surface area is 116 Å². The Morgan fingerprint density at radius 2 is 2.20 bits per heavy atom. The van der Waals surface area contributed by atoms with Crippen LogP contribution < -0.4 is 0 Å². The highest BCUT2D eigenvalue weighted by Crippen LogP contribution is 2.38. The molecule has 7 nitrogen and oxygen atoms in total. The first-order chi connectivity index (χ1) is 9.19. The first-order valence-electron chi connectivity index (χ1n) is 6.53. The second-order valence-electron chi connectivity index (χ2n) is 5.95. The third-order valence-corrected chi connectivity index (χ3v) is 3.18. The van der Waals surface area contributed by atoms with Gasteiger partial charge in [0.05, 0.1) is 16.7 Å². The van der Waals surface area contributed by atoms with Crippen LogP contribution in [0.3, 0.4) is 0 Å². The van der Waals surface area contributed by atoms with E-state index in [1.54, 1.807) is 25.5 Å². The van der Waals surface area contributed by atoms with Gasteiger partial charge in [-0.2, -0.15) is 0 Å². The lowest BCUT2D eigenvalue weighted by Gasteiger charge is -2.25. The van der Waals surface area contributed by atoms with Gasteiger partial charge in [-0.05, 0) is 26.7 Å². The number of amides is 1. The number of nitrogens with zero attached hydrogens (tertiary/aromatic N) is 3. The molecule has 0 atom stereocenters. The van der Waals surface area contributed by atoms with Crippen molar-refractivity contribution in [2.75, 3.05) is 13.6 Å². The average molecular weight is 281 g/mol. The summed E-state index contributed by atoms with van der Waals surface area (Å²) in [4.78, 5) is 24.1. The predicted octanol–water partition coefficient (Wildman–Crippen LogP) is 1.57. The van der Waals surface area contributed by atoms with Crippen molar-refractivity contribution < 1.29 is 14.8 Å². The van der Waals surface area contributed by atoms with Gasteiger partial charge < -0.3 is 14.6 Å². The molecule has 0 bridgehead atoms. The minimum absolute atomic E-state index is 0.0723. The van der Waals surface area contributed by atoms with Crippen molar-refractivity contribution in [2.45, 2.75) is 38.3 Å². The standard InChI is InChI=1S/C13H19N3O4/c1-13(2,18)8-14(3)12(17)11-6-10(16(19)20)7-15(11)9-4-5-9/h6-7,9,18H,4-5,8H2,1-3H3. The van der Waals surface area contributed by atoms with Crippen molar-refractivity contribution in [3.63, 3.8) is 0 Å². The highest BCUT2D eigenvalue weighted by atomic mass is 16.6. The van der Waals surface area contributed by atoms with Crippen LogP contribution >= 0.6 is 0 Å². The molecule has 0 aromatic carbocycles. The molecule has 110 valence electrons. The van der Waals surface area contributed by atoms with Gasteiger partial charge in [0.2, 0.25) is 0 Å². The zero-order chi connectivity index (χ0) is 15.1. The molecule has 0 unspecified atom stereocenters. The molecule has 1 aromatic heterocycles. The second kappa shape index (κ2) is 4.90. The van der Waals surface area contributed by atoms with Gasteiger partial charge in [0.1, 0.15) is 5.69 Å². The molecule has 1 fully saturated rings. The Kier molecular flexibility index (Phi) is 3.56. The molecule has 1 heterocycles. The minimum Gasteiger partial charge on any atom is -0.389 e. The largest absolute Gasteiger partial charge is 0.389 e. The molecular weight excluding hydrogens is 262 g/mol. The van der Waals surface area contributed by atoms with Gasteiger partial charge in [-0.3, -0.25) is 14.9 Å². The topological polar surface area (TPSA) is 88.6 Å². The lowest BCUT2D eigenvalue weighted by atomic mass is 10.1. The van der Waals surface area contributed by atoms with Crippen LogP contribution in [0.4, 0.5) is 5.69 Å². The zero-order valence-electron chi connectivity index (χ0n) is 11.9. The van der Waals surface area contributed by atoms with E-state index in [-0.39, 0.29) is 24.2 Å². The number of carbonyl (C=O) groups is 1. The highest BCUT2D eigenvalue weighted by Gasteiger charge is 2.32. The van der Waals surface area contributed by atoms with E-state index in [1.807, 2.05) is 0 Å². The third kappa shape index (κ3) is 3.16. The number of rotatable bonds is 5. The van der Waals surface area contributed by atoms with Crippen LogP contribution in [0.25, 0.3) is 0 Å². The van der Waals surface area contributed by atoms with Crippen LogP contribution in [0.5, 0.6) is 0 Å². The van der Waals surface area contributed by atoms with E-state index in [9.17, 15) is 20.0 Å². The fourth-order valence-electron chi connectivity index (χ4n) is 2.24.